The van der Waals surface area contributed by atoms with E-state index in [1.165, 1.54) is 17.4 Å². The van der Waals surface area contributed by atoms with Crippen LogP contribution in [0.1, 0.15) is 0 Å². The molecule has 6 nitrogen and oxygen atoms in total. The summed E-state index contributed by atoms with van der Waals surface area (Å²) in [4.78, 5) is 14.2. The summed E-state index contributed by atoms with van der Waals surface area (Å²) in [5, 5.41) is 11.1. The lowest BCUT2D eigenvalue weighted by Gasteiger charge is -1.90. The first-order valence-electron chi connectivity index (χ1n) is 3.73. The van der Waals surface area contributed by atoms with Crippen LogP contribution in [0.4, 0.5) is 10.8 Å². The van der Waals surface area contributed by atoms with Gasteiger partial charge in [-0.05, 0) is 6.07 Å². The number of thiazole rings is 1. The van der Waals surface area contributed by atoms with Crippen molar-refractivity contribution in [1.29, 1.82) is 0 Å². The molecule has 3 N–H and O–H groups in total. The average Bonchev–Trinajstić information content (AvgIpc) is 2.59. The molecule has 72 valence electrons. The van der Waals surface area contributed by atoms with Gasteiger partial charge in [-0.15, -0.1) is 0 Å². The molecule has 0 fully saturated rings. The van der Waals surface area contributed by atoms with Gasteiger partial charge in [-0.2, -0.15) is 0 Å². The van der Waals surface area contributed by atoms with Crippen LogP contribution in [0.15, 0.2) is 18.2 Å². The quantitative estimate of drug-likeness (QED) is 0.445. The van der Waals surface area contributed by atoms with Crippen molar-refractivity contribution in [3.05, 3.63) is 28.3 Å². The number of nitro groups is 1. The van der Waals surface area contributed by atoms with E-state index in [2.05, 4.69) is 10.4 Å². The summed E-state index contributed by atoms with van der Waals surface area (Å²) in [6.45, 7) is 0. The van der Waals surface area contributed by atoms with Crippen LogP contribution in [0.3, 0.4) is 0 Å². The zero-order valence-electron chi connectivity index (χ0n) is 6.93. The molecule has 0 atom stereocenters. The number of nitrogens with two attached hydrogens (primary N) is 1. The molecule has 1 aromatic heterocycles. The Labute approximate surface area is 82.5 Å². The Morgan fingerprint density at radius 2 is 2.36 bits per heavy atom. The molecule has 14 heavy (non-hydrogen) atoms. The van der Waals surface area contributed by atoms with E-state index in [4.69, 9.17) is 5.84 Å². The van der Waals surface area contributed by atoms with Gasteiger partial charge in [0, 0.05) is 6.07 Å². The monoisotopic (exact) mass is 210 g/mol. The number of anilines is 1. The van der Waals surface area contributed by atoms with Gasteiger partial charge in [0.1, 0.15) is 0 Å². The minimum Gasteiger partial charge on any atom is -0.300 e. The van der Waals surface area contributed by atoms with Crippen molar-refractivity contribution >= 4 is 32.4 Å². The topological polar surface area (TPSA) is 94.1 Å². The van der Waals surface area contributed by atoms with Crippen molar-refractivity contribution in [2.45, 2.75) is 0 Å². The second kappa shape index (κ2) is 3.20. The molecule has 0 unspecified atom stereocenters. The lowest BCUT2D eigenvalue weighted by Crippen LogP contribution is -2.05. The molecule has 0 bridgehead atoms. The molecule has 0 aliphatic rings. The number of nitrogens with zero attached hydrogens (tertiary/aromatic N) is 2. The SMILES string of the molecule is NNc1nc2c([N+](=O)[O-])cccc2s1. The van der Waals surface area contributed by atoms with E-state index in [0.717, 1.165) is 4.70 Å². The van der Waals surface area contributed by atoms with Gasteiger partial charge in [-0.3, -0.25) is 15.5 Å². The number of para-hydroxylation sites is 1. The fourth-order valence-electron chi connectivity index (χ4n) is 1.14. The molecule has 0 amide bonds. The number of nitro benzene ring substituents is 1. The Balaban J connectivity index is 2.73. The maximum absolute atomic E-state index is 10.6. The highest BCUT2D eigenvalue weighted by Gasteiger charge is 2.15. The summed E-state index contributed by atoms with van der Waals surface area (Å²) < 4.78 is 0.743. The van der Waals surface area contributed by atoms with E-state index >= 15 is 0 Å². The van der Waals surface area contributed by atoms with Crippen LogP contribution in [0.2, 0.25) is 0 Å². The normalized spacial score (nSPS) is 10.4. The average molecular weight is 210 g/mol. The molecule has 2 aromatic rings. The Morgan fingerprint density at radius 3 is 3.00 bits per heavy atom. The van der Waals surface area contributed by atoms with E-state index in [1.54, 1.807) is 12.1 Å². The van der Waals surface area contributed by atoms with Crippen LogP contribution < -0.4 is 11.3 Å². The van der Waals surface area contributed by atoms with Gasteiger partial charge >= 0.3 is 0 Å². The van der Waals surface area contributed by atoms with Crippen LogP contribution in [0.25, 0.3) is 10.2 Å². The number of hydrogen-bond acceptors (Lipinski definition) is 6. The number of rotatable bonds is 2. The largest absolute Gasteiger partial charge is 0.300 e. The van der Waals surface area contributed by atoms with Gasteiger partial charge in [-0.25, -0.2) is 10.8 Å². The number of hydrazine groups is 1. The summed E-state index contributed by atoms with van der Waals surface area (Å²) in [5.74, 6) is 5.17. The Morgan fingerprint density at radius 1 is 1.57 bits per heavy atom. The molecule has 0 aliphatic heterocycles. The Kier molecular flexibility index (Phi) is 2.02. The van der Waals surface area contributed by atoms with E-state index in [-0.39, 0.29) is 5.69 Å². The number of benzene rings is 1. The number of hydrogen-bond donors (Lipinski definition) is 2. The van der Waals surface area contributed by atoms with Crippen molar-refractivity contribution in [2.75, 3.05) is 5.43 Å². The van der Waals surface area contributed by atoms with E-state index in [9.17, 15) is 10.1 Å². The molecule has 1 heterocycles. The maximum Gasteiger partial charge on any atom is 0.296 e. The van der Waals surface area contributed by atoms with Gasteiger partial charge in [0.15, 0.2) is 10.6 Å². The lowest BCUT2D eigenvalue weighted by atomic mass is 10.3. The fraction of sp³-hybridized carbons (Fsp3) is 0. The highest BCUT2D eigenvalue weighted by atomic mass is 32.1. The predicted molar refractivity (Wildman–Crippen MR) is 54.1 cm³/mol. The first-order chi connectivity index (χ1) is 6.72. The third-order valence-electron chi connectivity index (χ3n) is 1.72. The van der Waals surface area contributed by atoms with Crippen LogP contribution >= 0.6 is 11.3 Å². The van der Waals surface area contributed by atoms with Crippen molar-refractivity contribution in [2.24, 2.45) is 5.84 Å². The third-order valence-corrected chi connectivity index (χ3v) is 2.67. The first-order valence-corrected chi connectivity index (χ1v) is 4.54. The van der Waals surface area contributed by atoms with Gasteiger partial charge in [-0.1, -0.05) is 17.4 Å². The second-order valence-electron chi connectivity index (χ2n) is 2.54. The van der Waals surface area contributed by atoms with Gasteiger partial charge in [0.2, 0.25) is 0 Å². The number of nitrogens with one attached hydrogen (secondary N) is 1. The standard InChI is InChI=1S/C7H6N4O2S/c8-10-7-9-6-4(11(12)13)2-1-3-5(6)14-7/h1-3H,8H2,(H,9,10). The number of nitrogen functional groups attached to an aromatic ring is 1. The zero-order valence-corrected chi connectivity index (χ0v) is 7.75. The molecule has 0 aliphatic carbocycles. The van der Waals surface area contributed by atoms with Crippen molar-refractivity contribution < 1.29 is 4.92 Å². The molecule has 0 spiro atoms. The zero-order chi connectivity index (χ0) is 10.1. The lowest BCUT2D eigenvalue weighted by molar-refractivity contribution is -0.383. The van der Waals surface area contributed by atoms with Gasteiger partial charge in [0.25, 0.3) is 5.69 Å². The maximum atomic E-state index is 10.6. The number of aromatic nitrogens is 1. The van der Waals surface area contributed by atoms with E-state index in [1.807, 2.05) is 0 Å². The van der Waals surface area contributed by atoms with Crippen molar-refractivity contribution in [3.8, 4) is 0 Å². The van der Waals surface area contributed by atoms with Gasteiger partial charge < -0.3 is 0 Å². The minimum atomic E-state index is -0.456. The molecular weight excluding hydrogens is 204 g/mol. The van der Waals surface area contributed by atoms with Gasteiger partial charge in [0.05, 0.1) is 9.62 Å². The Bertz CT molecular complexity index is 495. The molecule has 1 aromatic carbocycles. The Hall–Kier alpha value is -1.73. The minimum absolute atomic E-state index is 0.000231. The molecule has 7 heteroatoms. The third kappa shape index (κ3) is 1.28. The molecular formula is C7H6N4O2S. The summed E-state index contributed by atoms with van der Waals surface area (Å²) in [7, 11) is 0. The van der Waals surface area contributed by atoms with E-state index < -0.39 is 4.92 Å². The number of fused-ring (bicyclic) bond motifs is 1. The highest BCUT2D eigenvalue weighted by Crippen LogP contribution is 2.31. The first kappa shape index (κ1) is 8.85. The van der Waals surface area contributed by atoms with E-state index in [0.29, 0.717) is 10.6 Å². The van der Waals surface area contributed by atoms with Crippen molar-refractivity contribution in [1.82, 2.24) is 4.98 Å². The predicted octanol–water partition coefficient (Wildman–Crippen LogP) is 1.49. The molecule has 2 rings (SSSR count). The fourth-order valence-corrected chi connectivity index (χ4v) is 1.94. The molecule has 0 saturated carbocycles. The number of non-ortho nitro benzene ring substituents is 1. The van der Waals surface area contributed by atoms with Crippen LogP contribution in [0.5, 0.6) is 0 Å². The second-order valence-corrected chi connectivity index (χ2v) is 3.57. The summed E-state index contributed by atoms with van der Waals surface area (Å²) >= 11 is 1.28. The van der Waals surface area contributed by atoms with Crippen molar-refractivity contribution in [3.63, 3.8) is 0 Å². The summed E-state index contributed by atoms with van der Waals surface area (Å²) in [6, 6.07) is 4.81. The van der Waals surface area contributed by atoms with Crippen LogP contribution in [-0.2, 0) is 0 Å². The van der Waals surface area contributed by atoms with Crippen LogP contribution in [-0.4, -0.2) is 9.91 Å². The summed E-state index contributed by atoms with van der Waals surface area (Å²) in [5.41, 5.74) is 2.74. The van der Waals surface area contributed by atoms with Crippen LogP contribution in [0, 0.1) is 10.1 Å². The molecule has 0 radical (unpaired) electrons. The molecule has 0 saturated heterocycles. The summed E-state index contributed by atoms with van der Waals surface area (Å²) in [6.07, 6.45) is 0. The highest BCUT2D eigenvalue weighted by molar-refractivity contribution is 7.22. The smallest absolute Gasteiger partial charge is 0.296 e.